The maximum atomic E-state index is 13.2. The molecule has 0 unspecified atom stereocenters. The molecular formula is C24H24ClF3N2O5S. The highest BCUT2D eigenvalue weighted by Crippen LogP contribution is 2.39. The molecule has 12 heteroatoms. The number of rotatable bonds is 6. The van der Waals surface area contributed by atoms with Crippen molar-refractivity contribution in [3.8, 4) is 6.07 Å². The Bertz CT molecular complexity index is 1230. The maximum absolute atomic E-state index is 13.2. The number of halogens is 4. The molecule has 2 aromatic rings. The normalized spacial score (nSPS) is 20.5. The van der Waals surface area contributed by atoms with Gasteiger partial charge in [-0.05, 0) is 61.9 Å². The number of sulfone groups is 1. The van der Waals surface area contributed by atoms with E-state index in [1.807, 2.05) is 18.2 Å². The third-order valence-corrected chi connectivity index (χ3v) is 8.51. The number of nitrogens with one attached hydrogen (secondary N) is 1. The Kier molecular flexibility index (Phi) is 8.54. The summed E-state index contributed by atoms with van der Waals surface area (Å²) < 4.78 is 70.9. The standard InChI is InChI=1S/C19H18ClF3O3S.C5H6N2O2/c20-14-7-5-13(6-8-14)12-26-15-9-10-16(11-15)27(24,25)18-4-2-1-3-17(18)19(21,22)23;6-3-5(1-2-5)7-4(8)9/h1-8,15-16H,9-12H2;7H,1-2H2,(H,8,9)/t15-,16-;/m1./s1. The molecule has 2 aromatic carbocycles. The molecule has 4 rings (SSSR count). The number of amides is 1. The zero-order valence-electron chi connectivity index (χ0n) is 19.0. The van der Waals surface area contributed by atoms with Gasteiger partial charge in [0.2, 0.25) is 0 Å². The smallest absolute Gasteiger partial charge is 0.417 e. The Morgan fingerprint density at radius 1 is 1.17 bits per heavy atom. The summed E-state index contributed by atoms with van der Waals surface area (Å²) in [5.41, 5.74) is -0.949. The summed E-state index contributed by atoms with van der Waals surface area (Å²) in [6, 6.07) is 13.3. The van der Waals surface area contributed by atoms with Gasteiger partial charge in [-0.1, -0.05) is 35.9 Å². The number of hydrogen-bond donors (Lipinski definition) is 2. The molecule has 0 heterocycles. The highest BCUT2D eigenvalue weighted by Gasteiger charge is 2.45. The molecule has 0 aliphatic heterocycles. The van der Waals surface area contributed by atoms with Crippen LogP contribution in [0.5, 0.6) is 0 Å². The fraction of sp³-hybridized carbons (Fsp3) is 0.417. The van der Waals surface area contributed by atoms with E-state index in [4.69, 9.17) is 26.7 Å². The van der Waals surface area contributed by atoms with Gasteiger partial charge in [0.25, 0.3) is 0 Å². The van der Waals surface area contributed by atoms with Gasteiger partial charge in [0, 0.05) is 5.02 Å². The van der Waals surface area contributed by atoms with E-state index in [1.165, 1.54) is 12.1 Å². The molecule has 2 saturated carbocycles. The molecule has 1 amide bonds. The van der Waals surface area contributed by atoms with Crippen LogP contribution in [0.2, 0.25) is 5.02 Å². The van der Waals surface area contributed by atoms with Crippen molar-refractivity contribution in [2.45, 2.75) is 66.7 Å². The van der Waals surface area contributed by atoms with Gasteiger partial charge >= 0.3 is 12.3 Å². The third kappa shape index (κ3) is 7.12. The molecule has 2 N–H and O–H groups in total. The largest absolute Gasteiger partial charge is 0.465 e. The highest BCUT2D eigenvalue weighted by atomic mass is 35.5. The molecule has 0 aromatic heterocycles. The number of nitrogens with zero attached hydrogens (tertiary/aromatic N) is 1. The molecule has 0 saturated heterocycles. The van der Waals surface area contributed by atoms with Gasteiger partial charge in [-0.25, -0.2) is 13.2 Å². The minimum atomic E-state index is -4.72. The quantitative estimate of drug-likeness (QED) is 0.490. The second-order valence-corrected chi connectivity index (χ2v) is 11.3. The van der Waals surface area contributed by atoms with E-state index in [-0.39, 0.29) is 18.9 Å². The van der Waals surface area contributed by atoms with E-state index >= 15 is 0 Å². The lowest BCUT2D eigenvalue weighted by Gasteiger charge is -2.17. The van der Waals surface area contributed by atoms with Crippen molar-refractivity contribution in [3.05, 3.63) is 64.7 Å². The van der Waals surface area contributed by atoms with Crippen LogP contribution in [0.15, 0.2) is 53.4 Å². The van der Waals surface area contributed by atoms with E-state index in [2.05, 4.69) is 5.32 Å². The zero-order valence-corrected chi connectivity index (χ0v) is 20.5. The number of carboxylic acid groups (broad SMARTS) is 1. The predicted octanol–water partition coefficient (Wildman–Crippen LogP) is 5.58. The maximum Gasteiger partial charge on any atom is 0.417 e. The second-order valence-electron chi connectivity index (χ2n) is 8.66. The van der Waals surface area contributed by atoms with Crippen molar-refractivity contribution in [1.29, 1.82) is 5.26 Å². The first-order chi connectivity index (χ1) is 16.9. The van der Waals surface area contributed by atoms with Crippen LogP contribution in [0.25, 0.3) is 0 Å². The summed E-state index contributed by atoms with van der Waals surface area (Å²) in [5, 5.41) is 18.4. The van der Waals surface area contributed by atoms with Crippen molar-refractivity contribution in [2.24, 2.45) is 0 Å². The van der Waals surface area contributed by atoms with Gasteiger partial charge in [-0.2, -0.15) is 18.4 Å². The molecule has 2 fully saturated rings. The number of ether oxygens (including phenoxy) is 1. The van der Waals surface area contributed by atoms with Gasteiger partial charge < -0.3 is 15.2 Å². The van der Waals surface area contributed by atoms with Crippen LogP contribution in [0.1, 0.15) is 43.2 Å². The van der Waals surface area contributed by atoms with Crippen molar-refractivity contribution >= 4 is 27.5 Å². The first-order valence-electron chi connectivity index (χ1n) is 11.0. The van der Waals surface area contributed by atoms with Gasteiger partial charge in [-0.3, -0.25) is 0 Å². The second kappa shape index (κ2) is 11.1. The molecule has 2 aliphatic rings. The highest BCUT2D eigenvalue weighted by molar-refractivity contribution is 7.92. The van der Waals surface area contributed by atoms with Crippen LogP contribution in [0, 0.1) is 11.3 Å². The van der Waals surface area contributed by atoms with E-state index in [0.717, 1.165) is 17.7 Å². The molecule has 2 aliphatic carbocycles. The number of carbonyl (C=O) groups is 1. The Morgan fingerprint density at radius 3 is 2.33 bits per heavy atom. The topological polar surface area (TPSA) is 116 Å². The van der Waals surface area contributed by atoms with Crippen LogP contribution in [0.4, 0.5) is 18.0 Å². The number of hydrogen-bond acceptors (Lipinski definition) is 5. The summed E-state index contributed by atoms with van der Waals surface area (Å²) >= 11 is 5.82. The van der Waals surface area contributed by atoms with Gasteiger partial charge in [0.15, 0.2) is 9.84 Å². The molecule has 194 valence electrons. The van der Waals surface area contributed by atoms with Crippen LogP contribution in [-0.4, -0.2) is 36.5 Å². The monoisotopic (exact) mass is 544 g/mol. The molecule has 0 radical (unpaired) electrons. The summed E-state index contributed by atoms with van der Waals surface area (Å²) in [6.07, 6.45) is -3.89. The van der Waals surface area contributed by atoms with Gasteiger partial charge in [0.1, 0.15) is 5.54 Å². The Morgan fingerprint density at radius 2 is 1.81 bits per heavy atom. The summed E-state index contributed by atoms with van der Waals surface area (Å²) in [7, 11) is -4.09. The van der Waals surface area contributed by atoms with Crippen molar-refractivity contribution in [1.82, 2.24) is 5.32 Å². The zero-order chi connectivity index (χ0) is 26.6. The van der Waals surface area contributed by atoms with Gasteiger partial charge in [0.05, 0.1) is 34.5 Å². The number of benzene rings is 2. The number of nitriles is 1. The van der Waals surface area contributed by atoms with E-state index < -0.39 is 43.4 Å². The van der Waals surface area contributed by atoms with Crippen molar-refractivity contribution in [2.75, 3.05) is 0 Å². The average molecular weight is 545 g/mol. The fourth-order valence-corrected chi connectivity index (χ4v) is 6.01. The molecule has 0 bridgehead atoms. The van der Waals surface area contributed by atoms with Crippen molar-refractivity contribution < 1.29 is 36.2 Å². The van der Waals surface area contributed by atoms with Crippen LogP contribution in [0.3, 0.4) is 0 Å². The lowest BCUT2D eigenvalue weighted by molar-refractivity contribution is -0.139. The molecule has 36 heavy (non-hydrogen) atoms. The minimum absolute atomic E-state index is 0.183. The molecule has 2 atom stereocenters. The average Bonchev–Trinajstić information content (AvgIpc) is 3.41. The van der Waals surface area contributed by atoms with Gasteiger partial charge in [-0.15, -0.1) is 0 Å². The molecule has 0 spiro atoms. The third-order valence-electron chi connectivity index (χ3n) is 5.98. The summed E-state index contributed by atoms with van der Waals surface area (Å²) in [6.45, 7) is 0.299. The Balaban J connectivity index is 0.000000338. The SMILES string of the molecule is N#CC1(NC(=O)O)CC1.O=S(=O)(c1ccccc1C(F)(F)F)[C@@H]1CC[C@@H](OCc2ccc(Cl)cc2)C1. The van der Waals surface area contributed by atoms with Crippen LogP contribution < -0.4 is 5.32 Å². The van der Waals surface area contributed by atoms with E-state index in [1.54, 1.807) is 12.1 Å². The lowest BCUT2D eigenvalue weighted by Crippen LogP contribution is -2.33. The first kappa shape index (κ1) is 27.8. The Hall–Kier alpha value is -2.81. The van der Waals surface area contributed by atoms with Crippen LogP contribution >= 0.6 is 11.6 Å². The van der Waals surface area contributed by atoms with Crippen LogP contribution in [-0.2, 0) is 27.4 Å². The summed E-state index contributed by atoms with van der Waals surface area (Å²) in [5.74, 6) is 0. The fourth-order valence-electron chi connectivity index (χ4n) is 3.85. The summed E-state index contributed by atoms with van der Waals surface area (Å²) in [4.78, 5) is 9.30. The van der Waals surface area contributed by atoms with E-state index in [0.29, 0.717) is 30.9 Å². The Labute approximate surface area is 211 Å². The predicted molar refractivity (Wildman–Crippen MR) is 125 cm³/mol. The van der Waals surface area contributed by atoms with E-state index in [9.17, 15) is 26.4 Å². The first-order valence-corrected chi connectivity index (χ1v) is 13.0. The minimum Gasteiger partial charge on any atom is -0.465 e. The molecular weight excluding hydrogens is 521 g/mol. The van der Waals surface area contributed by atoms with Crippen molar-refractivity contribution in [3.63, 3.8) is 0 Å². The number of alkyl halides is 3. The molecule has 7 nitrogen and oxygen atoms in total. The lowest BCUT2D eigenvalue weighted by atomic mass is 10.2.